The Morgan fingerprint density at radius 1 is 1.26 bits per heavy atom. The number of aromatic nitrogens is 3. The molecule has 0 unspecified atom stereocenters. The molecule has 0 fully saturated rings. The predicted octanol–water partition coefficient (Wildman–Crippen LogP) is 2.15. The van der Waals surface area contributed by atoms with Gasteiger partial charge < -0.3 is 10.5 Å². The molecule has 0 atom stereocenters. The number of hydrogen-bond donors (Lipinski definition) is 1. The van der Waals surface area contributed by atoms with Gasteiger partial charge in [0, 0.05) is 17.3 Å². The zero-order valence-electron chi connectivity index (χ0n) is 12.1. The largest absolute Gasteiger partial charge is 0.496 e. The molecular weight excluding hydrogens is 240 g/mol. The van der Waals surface area contributed by atoms with E-state index >= 15 is 0 Å². The van der Waals surface area contributed by atoms with Crippen LogP contribution in [-0.2, 0) is 6.54 Å². The lowest BCUT2D eigenvalue weighted by molar-refractivity contribution is 0.406. The first-order chi connectivity index (χ1) is 8.95. The van der Waals surface area contributed by atoms with Crippen LogP contribution in [0.25, 0.3) is 0 Å². The van der Waals surface area contributed by atoms with Crippen molar-refractivity contribution in [3.63, 3.8) is 0 Å². The molecule has 0 aliphatic heterocycles. The Labute approximate surface area is 113 Å². The van der Waals surface area contributed by atoms with Gasteiger partial charge in [0.2, 0.25) is 0 Å². The van der Waals surface area contributed by atoms with Gasteiger partial charge in [-0.25, -0.2) is 0 Å². The molecule has 2 aromatic heterocycles. The third-order valence-corrected chi connectivity index (χ3v) is 3.49. The van der Waals surface area contributed by atoms with Gasteiger partial charge in [-0.2, -0.15) is 5.10 Å². The van der Waals surface area contributed by atoms with Crippen LogP contribution in [0.2, 0.25) is 0 Å². The van der Waals surface area contributed by atoms with Gasteiger partial charge in [0.25, 0.3) is 0 Å². The smallest absolute Gasteiger partial charge is 0.128 e. The van der Waals surface area contributed by atoms with E-state index in [-0.39, 0.29) is 0 Å². The van der Waals surface area contributed by atoms with E-state index in [1.54, 1.807) is 7.11 Å². The Kier molecular flexibility index (Phi) is 3.46. The van der Waals surface area contributed by atoms with Crippen LogP contribution >= 0.6 is 0 Å². The second-order valence-electron chi connectivity index (χ2n) is 4.79. The van der Waals surface area contributed by atoms with Crippen LogP contribution in [0, 0.1) is 27.7 Å². The monoisotopic (exact) mass is 260 g/mol. The van der Waals surface area contributed by atoms with Gasteiger partial charge in [0.05, 0.1) is 36.4 Å². The van der Waals surface area contributed by atoms with E-state index in [2.05, 4.69) is 10.1 Å². The molecule has 5 heteroatoms. The van der Waals surface area contributed by atoms with Crippen LogP contribution in [0.1, 0.15) is 28.2 Å². The number of rotatable bonds is 3. The molecule has 0 bridgehead atoms. The number of nitrogens with zero attached hydrogens (tertiary/aromatic N) is 3. The normalized spacial score (nSPS) is 10.8. The maximum absolute atomic E-state index is 5.95. The zero-order valence-corrected chi connectivity index (χ0v) is 12.1. The molecule has 0 aromatic carbocycles. The highest BCUT2D eigenvalue weighted by molar-refractivity contribution is 5.47. The second kappa shape index (κ2) is 4.91. The van der Waals surface area contributed by atoms with Gasteiger partial charge >= 0.3 is 0 Å². The van der Waals surface area contributed by atoms with E-state index in [9.17, 15) is 0 Å². The van der Waals surface area contributed by atoms with Crippen LogP contribution in [0.3, 0.4) is 0 Å². The molecule has 2 aromatic rings. The molecule has 19 heavy (non-hydrogen) atoms. The molecule has 2 heterocycles. The minimum absolute atomic E-state index is 0.604. The predicted molar refractivity (Wildman–Crippen MR) is 75.5 cm³/mol. The minimum Gasteiger partial charge on any atom is -0.496 e. The van der Waals surface area contributed by atoms with E-state index in [1.165, 1.54) is 0 Å². The first-order valence-electron chi connectivity index (χ1n) is 6.24. The Bertz CT molecular complexity index is 616. The third-order valence-electron chi connectivity index (χ3n) is 3.49. The summed E-state index contributed by atoms with van der Waals surface area (Å²) in [7, 11) is 1.68. The molecular formula is C14H20N4O. The maximum atomic E-state index is 5.95. The number of pyridine rings is 1. The fourth-order valence-electron chi connectivity index (χ4n) is 2.24. The summed E-state index contributed by atoms with van der Waals surface area (Å²) in [5.41, 5.74) is 11.6. The number of methoxy groups -OCH3 is 1. The van der Waals surface area contributed by atoms with Crippen LogP contribution in [-0.4, -0.2) is 21.9 Å². The van der Waals surface area contributed by atoms with Crippen molar-refractivity contribution >= 4 is 5.69 Å². The third kappa shape index (κ3) is 2.28. The number of nitrogens with two attached hydrogens (primary N) is 1. The van der Waals surface area contributed by atoms with Gasteiger partial charge in [-0.3, -0.25) is 9.67 Å². The molecule has 102 valence electrons. The topological polar surface area (TPSA) is 66.0 Å². The number of ether oxygens (including phenoxy) is 1. The van der Waals surface area contributed by atoms with E-state index < -0.39 is 0 Å². The Morgan fingerprint density at radius 2 is 1.95 bits per heavy atom. The molecule has 2 N–H and O–H groups in total. The van der Waals surface area contributed by atoms with Crippen molar-refractivity contribution in [3.8, 4) is 5.75 Å². The lowest BCUT2D eigenvalue weighted by Crippen LogP contribution is -2.09. The van der Waals surface area contributed by atoms with E-state index in [0.717, 1.165) is 39.6 Å². The maximum Gasteiger partial charge on any atom is 0.128 e. The van der Waals surface area contributed by atoms with Gasteiger partial charge in [0.1, 0.15) is 5.75 Å². The highest BCUT2D eigenvalue weighted by atomic mass is 16.5. The van der Waals surface area contributed by atoms with E-state index in [4.69, 9.17) is 10.5 Å². The quantitative estimate of drug-likeness (QED) is 0.918. The van der Waals surface area contributed by atoms with Crippen molar-refractivity contribution in [1.82, 2.24) is 14.8 Å². The summed E-state index contributed by atoms with van der Waals surface area (Å²) >= 11 is 0. The Balaban J connectivity index is 2.41. The summed E-state index contributed by atoms with van der Waals surface area (Å²) < 4.78 is 7.30. The standard InChI is InChI=1S/C14H20N4O/c1-8-6-16-12(9(2)14(8)19-5)7-18-11(4)13(15)10(3)17-18/h6H,7,15H2,1-5H3. The molecule has 0 saturated carbocycles. The van der Waals surface area contributed by atoms with Crippen molar-refractivity contribution in [3.05, 3.63) is 34.4 Å². The summed E-state index contributed by atoms with van der Waals surface area (Å²) in [6.07, 6.45) is 1.83. The summed E-state index contributed by atoms with van der Waals surface area (Å²) in [6.45, 7) is 8.49. The molecule has 0 radical (unpaired) electrons. The number of aryl methyl sites for hydroxylation is 2. The molecule has 0 saturated heterocycles. The summed E-state index contributed by atoms with van der Waals surface area (Å²) in [5, 5.41) is 4.43. The summed E-state index contributed by atoms with van der Waals surface area (Å²) in [4.78, 5) is 4.48. The molecule has 0 aliphatic rings. The van der Waals surface area contributed by atoms with E-state index in [0.29, 0.717) is 6.54 Å². The van der Waals surface area contributed by atoms with Gasteiger partial charge in [0.15, 0.2) is 0 Å². The number of hydrogen-bond acceptors (Lipinski definition) is 4. The van der Waals surface area contributed by atoms with Crippen molar-refractivity contribution in [2.45, 2.75) is 34.2 Å². The average Bonchev–Trinajstić information content (AvgIpc) is 2.61. The van der Waals surface area contributed by atoms with Gasteiger partial charge in [-0.15, -0.1) is 0 Å². The fourth-order valence-corrected chi connectivity index (χ4v) is 2.24. The van der Waals surface area contributed by atoms with Crippen molar-refractivity contribution in [2.75, 3.05) is 12.8 Å². The number of nitrogen functional groups attached to an aromatic ring is 1. The van der Waals surface area contributed by atoms with E-state index in [1.807, 2.05) is 38.6 Å². The lowest BCUT2D eigenvalue weighted by atomic mass is 10.1. The van der Waals surface area contributed by atoms with Gasteiger partial charge in [-0.05, 0) is 27.7 Å². The van der Waals surface area contributed by atoms with Crippen molar-refractivity contribution in [1.29, 1.82) is 0 Å². The number of anilines is 1. The zero-order chi connectivity index (χ0) is 14.2. The molecule has 5 nitrogen and oxygen atoms in total. The van der Waals surface area contributed by atoms with Gasteiger partial charge in [-0.1, -0.05) is 0 Å². The molecule has 0 amide bonds. The lowest BCUT2D eigenvalue weighted by Gasteiger charge is -2.13. The Hall–Kier alpha value is -2.04. The molecule has 0 spiro atoms. The Morgan fingerprint density at radius 3 is 2.47 bits per heavy atom. The van der Waals surface area contributed by atoms with Crippen molar-refractivity contribution < 1.29 is 4.74 Å². The van der Waals surface area contributed by atoms with Crippen LogP contribution in [0.4, 0.5) is 5.69 Å². The highest BCUT2D eigenvalue weighted by Gasteiger charge is 2.13. The van der Waals surface area contributed by atoms with Crippen LogP contribution in [0.5, 0.6) is 5.75 Å². The van der Waals surface area contributed by atoms with Crippen molar-refractivity contribution in [2.24, 2.45) is 0 Å². The average molecular weight is 260 g/mol. The minimum atomic E-state index is 0.604. The first-order valence-corrected chi connectivity index (χ1v) is 6.24. The SMILES string of the molecule is COc1c(C)cnc(Cn2nc(C)c(N)c2C)c1C. The van der Waals surface area contributed by atoms with Crippen LogP contribution in [0.15, 0.2) is 6.20 Å². The molecule has 0 aliphatic carbocycles. The first kappa shape index (κ1) is 13.4. The summed E-state index contributed by atoms with van der Waals surface area (Å²) in [5.74, 6) is 0.888. The molecule has 2 rings (SSSR count). The fraction of sp³-hybridized carbons (Fsp3) is 0.429. The highest BCUT2D eigenvalue weighted by Crippen LogP contribution is 2.25. The van der Waals surface area contributed by atoms with Crippen LogP contribution < -0.4 is 10.5 Å². The summed E-state index contributed by atoms with van der Waals surface area (Å²) in [6, 6.07) is 0. The second-order valence-corrected chi connectivity index (χ2v) is 4.79.